The van der Waals surface area contributed by atoms with E-state index in [-0.39, 0.29) is 16.3 Å². The molecule has 0 amide bonds. The summed E-state index contributed by atoms with van der Waals surface area (Å²) in [6.07, 6.45) is 1.58. The summed E-state index contributed by atoms with van der Waals surface area (Å²) in [5.74, 6) is -1.14. The number of nitrogens with zero attached hydrogens (tertiary/aromatic N) is 1. The van der Waals surface area contributed by atoms with E-state index < -0.39 is 16.0 Å². The van der Waals surface area contributed by atoms with Crippen LogP contribution in [0.4, 0.5) is 0 Å². The highest BCUT2D eigenvalue weighted by Crippen LogP contribution is 2.19. The number of hydrogen-bond acceptors (Lipinski definition) is 6. The summed E-state index contributed by atoms with van der Waals surface area (Å²) in [5, 5.41) is 12.4. The van der Waals surface area contributed by atoms with Gasteiger partial charge in [-0.1, -0.05) is 0 Å². The lowest BCUT2D eigenvalue weighted by Gasteiger charge is -2.01. The first-order valence-electron chi connectivity index (χ1n) is 4.69. The molecular weight excluding hydrogens is 296 g/mol. The number of carbonyl (C=O) groups is 1. The van der Waals surface area contributed by atoms with Crippen LogP contribution < -0.4 is 4.72 Å². The number of aromatic carboxylic acids is 1. The fourth-order valence-corrected chi connectivity index (χ4v) is 3.90. The van der Waals surface area contributed by atoms with E-state index >= 15 is 0 Å². The highest BCUT2D eigenvalue weighted by atomic mass is 32.2. The van der Waals surface area contributed by atoms with E-state index in [1.165, 1.54) is 16.7 Å². The van der Waals surface area contributed by atoms with Crippen molar-refractivity contribution >= 4 is 38.7 Å². The first kappa shape index (κ1) is 13.1. The Labute approximate surface area is 111 Å². The number of hydrogen-bond donors (Lipinski definition) is 2. The van der Waals surface area contributed by atoms with E-state index in [2.05, 4.69) is 9.71 Å². The van der Waals surface area contributed by atoms with Crippen LogP contribution in [-0.2, 0) is 16.6 Å². The van der Waals surface area contributed by atoms with Gasteiger partial charge in [0.15, 0.2) is 0 Å². The Morgan fingerprint density at radius 1 is 1.44 bits per heavy atom. The van der Waals surface area contributed by atoms with Crippen LogP contribution in [-0.4, -0.2) is 24.5 Å². The van der Waals surface area contributed by atoms with Gasteiger partial charge in [-0.15, -0.1) is 22.7 Å². The van der Waals surface area contributed by atoms with Gasteiger partial charge in [0.05, 0.1) is 11.4 Å². The van der Waals surface area contributed by atoms with E-state index in [1.807, 2.05) is 0 Å². The van der Waals surface area contributed by atoms with E-state index in [0.29, 0.717) is 5.01 Å². The van der Waals surface area contributed by atoms with Crippen LogP contribution in [0, 0.1) is 0 Å². The first-order valence-corrected chi connectivity index (χ1v) is 7.93. The van der Waals surface area contributed by atoms with E-state index in [1.54, 1.807) is 11.6 Å². The standard InChI is InChI=1S/C9H8N2O4S3/c12-9(13)7-3-6(5-17-7)18(14,15)11-4-8-10-1-2-16-8/h1-3,5,11H,4H2,(H,12,13). The quantitative estimate of drug-likeness (QED) is 0.870. The van der Waals surface area contributed by atoms with Gasteiger partial charge in [0, 0.05) is 17.0 Å². The minimum Gasteiger partial charge on any atom is -0.477 e. The lowest BCUT2D eigenvalue weighted by Crippen LogP contribution is -2.22. The van der Waals surface area contributed by atoms with Crippen molar-refractivity contribution in [2.45, 2.75) is 11.4 Å². The molecule has 0 radical (unpaired) electrons. The Hall–Kier alpha value is -1.29. The minimum atomic E-state index is -3.69. The molecule has 2 aromatic rings. The van der Waals surface area contributed by atoms with Crippen molar-refractivity contribution in [3.63, 3.8) is 0 Å². The van der Waals surface area contributed by atoms with Gasteiger partial charge in [-0.05, 0) is 6.07 Å². The normalized spacial score (nSPS) is 11.6. The van der Waals surface area contributed by atoms with Crippen LogP contribution in [0.5, 0.6) is 0 Å². The molecule has 2 aromatic heterocycles. The second-order valence-electron chi connectivity index (χ2n) is 3.20. The van der Waals surface area contributed by atoms with Gasteiger partial charge in [-0.3, -0.25) is 0 Å². The lowest BCUT2D eigenvalue weighted by molar-refractivity contribution is 0.0702. The predicted octanol–water partition coefficient (Wildman–Crippen LogP) is 1.38. The van der Waals surface area contributed by atoms with Crippen LogP contribution in [0.1, 0.15) is 14.7 Å². The Kier molecular flexibility index (Phi) is 3.76. The molecule has 2 N–H and O–H groups in total. The highest BCUT2D eigenvalue weighted by Gasteiger charge is 2.18. The average molecular weight is 304 g/mol. The minimum absolute atomic E-state index is 0.00961. The largest absolute Gasteiger partial charge is 0.477 e. The van der Waals surface area contributed by atoms with Crippen LogP contribution in [0.2, 0.25) is 0 Å². The molecule has 0 aliphatic carbocycles. The number of sulfonamides is 1. The van der Waals surface area contributed by atoms with Gasteiger partial charge in [0.25, 0.3) is 0 Å². The molecule has 0 unspecified atom stereocenters. The van der Waals surface area contributed by atoms with Crippen molar-refractivity contribution in [2.24, 2.45) is 0 Å². The van der Waals surface area contributed by atoms with Crippen molar-refractivity contribution in [2.75, 3.05) is 0 Å². The second-order valence-corrected chi connectivity index (χ2v) is 6.86. The molecule has 0 aliphatic heterocycles. The Morgan fingerprint density at radius 2 is 2.22 bits per heavy atom. The second kappa shape index (κ2) is 5.14. The molecule has 6 nitrogen and oxygen atoms in total. The number of aromatic nitrogens is 1. The van der Waals surface area contributed by atoms with Crippen LogP contribution in [0.15, 0.2) is 27.9 Å². The van der Waals surface area contributed by atoms with E-state index in [0.717, 1.165) is 17.4 Å². The third kappa shape index (κ3) is 2.93. The molecule has 18 heavy (non-hydrogen) atoms. The number of nitrogens with one attached hydrogen (secondary N) is 1. The van der Waals surface area contributed by atoms with Crippen molar-refractivity contribution < 1.29 is 18.3 Å². The summed E-state index contributed by atoms with van der Waals surface area (Å²) in [5.41, 5.74) is 0. The smallest absolute Gasteiger partial charge is 0.345 e. The Morgan fingerprint density at radius 3 is 2.78 bits per heavy atom. The van der Waals surface area contributed by atoms with Crippen molar-refractivity contribution in [3.8, 4) is 0 Å². The van der Waals surface area contributed by atoms with Gasteiger partial charge >= 0.3 is 5.97 Å². The zero-order valence-electron chi connectivity index (χ0n) is 8.86. The van der Waals surface area contributed by atoms with Crippen molar-refractivity contribution in [3.05, 3.63) is 32.9 Å². The molecule has 0 atom stereocenters. The zero-order chi connectivity index (χ0) is 13.2. The predicted molar refractivity (Wildman–Crippen MR) is 67.4 cm³/mol. The fraction of sp³-hybridized carbons (Fsp3) is 0.111. The maximum atomic E-state index is 11.8. The van der Waals surface area contributed by atoms with Crippen LogP contribution in [0.3, 0.4) is 0 Å². The molecule has 0 saturated carbocycles. The maximum Gasteiger partial charge on any atom is 0.345 e. The summed E-state index contributed by atoms with van der Waals surface area (Å²) >= 11 is 2.22. The number of carboxylic acid groups (broad SMARTS) is 1. The molecule has 96 valence electrons. The van der Waals surface area contributed by atoms with Gasteiger partial charge in [-0.25, -0.2) is 22.9 Å². The third-order valence-electron chi connectivity index (χ3n) is 1.99. The topological polar surface area (TPSA) is 96.4 Å². The van der Waals surface area contributed by atoms with E-state index in [4.69, 9.17) is 5.11 Å². The summed E-state index contributed by atoms with van der Waals surface area (Å²) in [7, 11) is -3.69. The SMILES string of the molecule is O=C(O)c1cc(S(=O)(=O)NCc2nccs2)cs1. The molecule has 0 fully saturated rings. The third-order valence-corrected chi connectivity index (χ3v) is 5.22. The summed E-state index contributed by atoms with van der Waals surface area (Å²) < 4.78 is 26.0. The molecule has 2 rings (SSSR count). The fourth-order valence-electron chi connectivity index (χ4n) is 1.15. The van der Waals surface area contributed by atoms with Gasteiger partial charge in [0.2, 0.25) is 10.0 Å². The van der Waals surface area contributed by atoms with Crippen molar-refractivity contribution in [1.29, 1.82) is 0 Å². The summed E-state index contributed by atoms with van der Waals surface area (Å²) in [6, 6.07) is 1.14. The van der Waals surface area contributed by atoms with Gasteiger partial charge < -0.3 is 5.11 Å². The number of rotatable bonds is 5. The summed E-state index contributed by atoms with van der Waals surface area (Å²) in [6.45, 7) is 0.0955. The first-order chi connectivity index (χ1) is 8.49. The van der Waals surface area contributed by atoms with Gasteiger partial charge in [-0.2, -0.15) is 0 Å². The maximum absolute atomic E-state index is 11.8. The van der Waals surface area contributed by atoms with Crippen LogP contribution in [0.25, 0.3) is 0 Å². The lowest BCUT2D eigenvalue weighted by atomic mass is 10.5. The molecule has 0 aromatic carbocycles. The molecule has 0 saturated heterocycles. The zero-order valence-corrected chi connectivity index (χ0v) is 11.3. The number of thiazole rings is 1. The number of carboxylic acids is 1. The summed E-state index contributed by atoms with van der Waals surface area (Å²) in [4.78, 5) is 14.6. The molecule has 0 aliphatic rings. The molecule has 0 spiro atoms. The molecule has 9 heteroatoms. The molecule has 0 bridgehead atoms. The molecular formula is C9H8N2O4S3. The molecule has 2 heterocycles. The average Bonchev–Trinajstić information content (AvgIpc) is 2.98. The number of thiophene rings is 1. The van der Waals surface area contributed by atoms with Crippen molar-refractivity contribution in [1.82, 2.24) is 9.71 Å². The van der Waals surface area contributed by atoms with Crippen LogP contribution >= 0.6 is 22.7 Å². The monoisotopic (exact) mass is 304 g/mol. The Balaban J connectivity index is 2.12. The van der Waals surface area contributed by atoms with Gasteiger partial charge in [0.1, 0.15) is 9.88 Å². The Bertz CT molecular complexity index is 645. The van der Waals surface area contributed by atoms with E-state index in [9.17, 15) is 13.2 Å². The highest BCUT2D eigenvalue weighted by molar-refractivity contribution is 7.89.